The van der Waals surface area contributed by atoms with Gasteiger partial charge in [-0.1, -0.05) is 48.0 Å². The summed E-state index contributed by atoms with van der Waals surface area (Å²) in [4.78, 5) is 14.4. The zero-order valence-corrected chi connectivity index (χ0v) is 17.9. The number of ether oxygens (including phenoxy) is 2. The third-order valence-electron chi connectivity index (χ3n) is 5.09. The lowest BCUT2D eigenvalue weighted by Gasteiger charge is -2.34. The zero-order chi connectivity index (χ0) is 21.3. The molecular weight excluding hydrogens is 374 g/mol. The van der Waals surface area contributed by atoms with Crippen molar-refractivity contribution in [1.29, 1.82) is 0 Å². The predicted octanol–water partition coefficient (Wildman–Crippen LogP) is 6.23. The number of hydrogen-bond donors (Lipinski definition) is 0. The molecule has 0 aliphatic rings. The predicted molar refractivity (Wildman–Crippen MR) is 121 cm³/mol. The van der Waals surface area contributed by atoms with Crippen LogP contribution in [0.5, 0.6) is 5.75 Å². The first-order valence-corrected chi connectivity index (χ1v) is 10.3. The summed E-state index contributed by atoms with van der Waals surface area (Å²) >= 11 is 0. The highest BCUT2D eigenvalue weighted by atomic mass is 16.5. The van der Waals surface area contributed by atoms with E-state index < -0.39 is 0 Å². The number of aryl methyl sites for hydroxylation is 1. The van der Waals surface area contributed by atoms with Crippen LogP contribution in [0.15, 0.2) is 78.9 Å². The Labute approximate surface area is 179 Å². The third kappa shape index (κ3) is 5.41. The second-order valence-electron chi connectivity index (χ2n) is 7.17. The standard InChI is InChI=1S/C26H29NO3/c1-4-30-26(28)19-18-25(21-8-6-5-7-9-21)27(22-12-10-20(2)11-13-22)23-14-16-24(29-3)17-15-23/h5-17,25H,4,18-19H2,1-3H3/t25-/m0/s1. The van der Waals surface area contributed by atoms with Gasteiger partial charge in [0.2, 0.25) is 0 Å². The van der Waals surface area contributed by atoms with E-state index in [-0.39, 0.29) is 12.0 Å². The summed E-state index contributed by atoms with van der Waals surface area (Å²) in [6, 6.07) is 26.8. The molecule has 0 saturated heterocycles. The van der Waals surface area contributed by atoms with Crippen LogP contribution in [0.4, 0.5) is 11.4 Å². The van der Waals surface area contributed by atoms with Crippen molar-refractivity contribution in [2.24, 2.45) is 0 Å². The molecule has 0 heterocycles. The summed E-state index contributed by atoms with van der Waals surface area (Å²) in [5.74, 6) is 0.641. The Hall–Kier alpha value is -3.27. The first-order chi connectivity index (χ1) is 14.6. The van der Waals surface area contributed by atoms with E-state index in [1.165, 1.54) is 5.56 Å². The Morgan fingerprint density at radius 3 is 2.07 bits per heavy atom. The molecule has 30 heavy (non-hydrogen) atoms. The number of anilines is 2. The van der Waals surface area contributed by atoms with Crippen molar-refractivity contribution in [2.75, 3.05) is 18.6 Å². The highest BCUT2D eigenvalue weighted by molar-refractivity contribution is 5.70. The Morgan fingerprint density at radius 1 is 0.900 bits per heavy atom. The van der Waals surface area contributed by atoms with Crippen molar-refractivity contribution in [3.05, 3.63) is 90.0 Å². The third-order valence-corrected chi connectivity index (χ3v) is 5.09. The monoisotopic (exact) mass is 403 g/mol. The maximum atomic E-state index is 12.1. The SMILES string of the molecule is CCOC(=O)CC[C@@H](c1ccccc1)N(c1ccc(C)cc1)c1ccc(OC)cc1. The van der Waals surface area contributed by atoms with Gasteiger partial charge in [0, 0.05) is 17.8 Å². The Morgan fingerprint density at radius 2 is 1.50 bits per heavy atom. The average molecular weight is 404 g/mol. The maximum absolute atomic E-state index is 12.1. The minimum Gasteiger partial charge on any atom is -0.497 e. The van der Waals surface area contributed by atoms with Crippen LogP contribution >= 0.6 is 0 Å². The van der Waals surface area contributed by atoms with Crippen molar-refractivity contribution >= 4 is 17.3 Å². The van der Waals surface area contributed by atoms with Crippen molar-refractivity contribution < 1.29 is 14.3 Å². The minimum absolute atomic E-state index is 0.0216. The molecule has 156 valence electrons. The van der Waals surface area contributed by atoms with Gasteiger partial charge >= 0.3 is 5.97 Å². The fourth-order valence-corrected chi connectivity index (χ4v) is 3.56. The zero-order valence-electron chi connectivity index (χ0n) is 17.9. The Bertz CT molecular complexity index is 921. The molecule has 0 aliphatic carbocycles. The van der Waals surface area contributed by atoms with E-state index in [1.807, 2.05) is 37.3 Å². The summed E-state index contributed by atoms with van der Waals surface area (Å²) < 4.78 is 10.5. The van der Waals surface area contributed by atoms with Crippen LogP contribution in [0.3, 0.4) is 0 Å². The number of nitrogens with zero attached hydrogens (tertiary/aromatic N) is 1. The molecule has 0 bridgehead atoms. The fourth-order valence-electron chi connectivity index (χ4n) is 3.56. The lowest BCUT2D eigenvalue weighted by atomic mass is 9.98. The maximum Gasteiger partial charge on any atom is 0.305 e. The molecule has 0 saturated carbocycles. The lowest BCUT2D eigenvalue weighted by molar-refractivity contribution is -0.143. The summed E-state index contributed by atoms with van der Waals surface area (Å²) in [5.41, 5.74) is 4.47. The Balaban J connectivity index is 2.04. The molecule has 0 radical (unpaired) electrons. The number of hydrogen-bond acceptors (Lipinski definition) is 4. The van der Waals surface area contributed by atoms with Gasteiger partial charge in [0.1, 0.15) is 5.75 Å². The summed E-state index contributed by atoms with van der Waals surface area (Å²) in [5, 5.41) is 0. The quantitative estimate of drug-likeness (QED) is 0.397. The molecule has 0 amide bonds. The second kappa shape index (κ2) is 10.5. The molecular formula is C26H29NO3. The molecule has 1 atom stereocenters. The summed E-state index contributed by atoms with van der Waals surface area (Å²) in [6.45, 7) is 4.31. The first kappa shape index (κ1) is 21.4. The van der Waals surface area contributed by atoms with E-state index in [0.29, 0.717) is 19.4 Å². The van der Waals surface area contributed by atoms with Crippen molar-refractivity contribution in [3.63, 3.8) is 0 Å². The number of esters is 1. The van der Waals surface area contributed by atoms with Crippen LogP contribution in [-0.2, 0) is 9.53 Å². The molecule has 4 nitrogen and oxygen atoms in total. The number of carbonyl (C=O) groups excluding carboxylic acids is 1. The smallest absolute Gasteiger partial charge is 0.305 e. The van der Waals surface area contributed by atoms with Crippen molar-refractivity contribution in [3.8, 4) is 5.75 Å². The van der Waals surface area contributed by atoms with Gasteiger partial charge in [0.25, 0.3) is 0 Å². The number of rotatable bonds is 9. The van der Waals surface area contributed by atoms with Gasteiger partial charge in [-0.2, -0.15) is 0 Å². The van der Waals surface area contributed by atoms with Crippen LogP contribution < -0.4 is 9.64 Å². The van der Waals surface area contributed by atoms with E-state index in [0.717, 1.165) is 22.7 Å². The Kier molecular flexibility index (Phi) is 7.50. The van der Waals surface area contributed by atoms with Gasteiger partial charge in [-0.25, -0.2) is 0 Å². The molecule has 3 rings (SSSR count). The van der Waals surface area contributed by atoms with E-state index >= 15 is 0 Å². The van der Waals surface area contributed by atoms with Crippen LogP contribution in [-0.4, -0.2) is 19.7 Å². The minimum atomic E-state index is -0.169. The fraction of sp³-hybridized carbons (Fsp3) is 0.269. The molecule has 0 aromatic heterocycles. The van der Waals surface area contributed by atoms with Gasteiger partial charge in [0.15, 0.2) is 0 Å². The van der Waals surface area contributed by atoms with Gasteiger partial charge < -0.3 is 14.4 Å². The molecule has 0 unspecified atom stereocenters. The normalized spacial score (nSPS) is 11.6. The molecule has 3 aromatic rings. The van der Waals surface area contributed by atoms with Crippen molar-refractivity contribution in [1.82, 2.24) is 0 Å². The second-order valence-corrected chi connectivity index (χ2v) is 7.17. The van der Waals surface area contributed by atoms with E-state index in [9.17, 15) is 4.79 Å². The molecule has 4 heteroatoms. The number of carbonyl (C=O) groups is 1. The molecule has 0 spiro atoms. The van der Waals surface area contributed by atoms with E-state index in [4.69, 9.17) is 9.47 Å². The van der Waals surface area contributed by atoms with E-state index in [1.54, 1.807) is 7.11 Å². The largest absolute Gasteiger partial charge is 0.497 e. The van der Waals surface area contributed by atoms with Crippen molar-refractivity contribution in [2.45, 2.75) is 32.7 Å². The molecule has 0 N–H and O–H groups in total. The number of benzene rings is 3. The summed E-state index contributed by atoms with van der Waals surface area (Å²) in [7, 11) is 1.67. The van der Waals surface area contributed by atoms with E-state index in [2.05, 4.69) is 60.4 Å². The van der Waals surface area contributed by atoms with Crippen LogP contribution in [0, 0.1) is 6.92 Å². The highest BCUT2D eigenvalue weighted by Gasteiger charge is 2.24. The topological polar surface area (TPSA) is 38.8 Å². The molecule has 0 fully saturated rings. The molecule has 0 aliphatic heterocycles. The summed E-state index contributed by atoms with van der Waals surface area (Å²) in [6.07, 6.45) is 0.995. The van der Waals surface area contributed by atoms with Crippen LogP contribution in [0.1, 0.15) is 36.9 Å². The lowest BCUT2D eigenvalue weighted by Crippen LogP contribution is -2.25. The van der Waals surface area contributed by atoms with Gasteiger partial charge in [-0.05, 0) is 62.2 Å². The number of methoxy groups -OCH3 is 1. The van der Waals surface area contributed by atoms with Gasteiger partial charge in [-0.3, -0.25) is 4.79 Å². The van der Waals surface area contributed by atoms with Gasteiger partial charge in [0.05, 0.1) is 19.8 Å². The van der Waals surface area contributed by atoms with Crippen LogP contribution in [0.2, 0.25) is 0 Å². The highest BCUT2D eigenvalue weighted by Crippen LogP contribution is 2.38. The molecule has 3 aromatic carbocycles. The van der Waals surface area contributed by atoms with Gasteiger partial charge in [-0.15, -0.1) is 0 Å². The van der Waals surface area contributed by atoms with Crippen LogP contribution in [0.25, 0.3) is 0 Å². The first-order valence-electron chi connectivity index (χ1n) is 10.3. The average Bonchev–Trinajstić information content (AvgIpc) is 2.78.